The summed E-state index contributed by atoms with van der Waals surface area (Å²) in [6.45, 7) is 12.2. The van der Waals surface area contributed by atoms with E-state index < -0.39 is 25.8 Å². The molecule has 0 saturated heterocycles. The Morgan fingerprint density at radius 2 is 1.07 bits per heavy atom. The van der Waals surface area contributed by atoms with Gasteiger partial charge in [-0.15, -0.1) is 0 Å². The molecule has 3 aromatic rings. The molecule has 0 aromatic heterocycles. The van der Waals surface area contributed by atoms with E-state index in [1.165, 1.54) is 64.2 Å². The zero-order chi connectivity index (χ0) is 39.2. The van der Waals surface area contributed by atoms with Crippen LogP contribution in [0.3, 0.4) is 0 Å². The zero-order valence-electron chi connectivity index (χ0n) is 34.2. The number of benzene rings is 3. The van der Waals surface area contributed by atoms with Crippen molar-refractivity contribution in [3.63, 3.8) is 0 Å². The van der Waals surface area contributed by atoms with Gasteiger partial charge in [0.05, 0.1) is 12.2 Å². The van der Waals surface area contributed by atoms with E-state index in [-0.39, 0.29) is 25.0 Å². The summed E-state index contributed by atoms with van der Waals surface area (Å²) in [6.07, 6.45) is 15.6. The molecule has 0 N–H and O–H groups in total. The molecule has 1 atom stereocenters. The first kappa shape index (κ1) is 44.8. The van der Waals surface area contributed by atoms with Crippen LogP contribution >= 0.6 is 0 Å². The second kappa shape index (κ2) is 24.1. The van der Waals surface area contributed by atoms with E-state index >= 15 is 0 Å². The van der Waals surface area contributed by atoms with Crippen LogP contribution < -0.4 is 10.4 Å². The Balaban J connectivity index is 1.65. The Morgan fingerprint density at radius 3 is 1.54 bits per heavy atom. The Labute approximate surface area is 327 Å². The van der Waals surface area contributed by atoms with E-state index in [1.54, 1.807) is 24.3 Å². The van der Waals surface area contributed by atoms with E-state index in [1.807, 2.05) is 57.2 Å². The number of rotatable bonds is 26. The maximum Gasteiger partial charge on any atom is 0.338 e. The van der Waals surface area contributed by atoms with Crippen molar-refractivity contribution in [1.29, 1.82) is 0 Å². The molecule has 296 valence electrons. The van der Waals surface area contributed by atoms with Crippen molar-refractivity contribution in [2.75, 3.05) is 13.2 Å². The lowest BCUT2D eigenvalue weighted by molar-refractivity contribution is -0.153. The molecule has 0 bridgehead atoms. The summed E-state index contributed by atoms with van der Waals surface area (Å²) >= 11 is 0. The smallest absolute Gasteiger partial charge is 0.338 e. The van der Waals surface area contributed by atoms with Crippen LogP contribution in [-0.2, 0) is 18.7 Å². The Hall–Kier alpha value is -3.55. The molecular formula is C47H68O6Si. The van der Waals surface area contributed by atoms with Gasteiger partial charge in [-0.3, -0.25) is 9.59 Å². The molecule has 54 heavy (non-hydrogen) atoms. The summed E-state index contributed by atoms with van der Waals surface area (Å²) in [5, 5.41) is 2.28. The van der Waals surface area contributed by atoms with Crippen molar-refractivity contribution in [2.45, 2.75) is 144 Å². The van der Waals surface area contributed by atoms with Gasteiger partial charge in [-0.25, -0.2) is 4.79 Å². The normalized spacial score (nSPS) is 12.4. The summed E-state index contributed by atoms with van der Waals surface area (Å²) in [7, 11) is -2.80. The van der Waals surface area contributed by atoms with E-state index in [9.17, 15) is 14.4 Å². The fourth-order valence-electron chi connectivity index (χ4n) is 6.94. The molecule has 0 aliphatic heterocycles. The van der Waals surface area contributed by atoms with Crippen molar-refractivity contribution in [3.8, 4) is 0 Å². The van der Waals surface area contributed by atoms with E-state index in [2.05, 4.69) is 45.0 Å². The van der Waals surface area contributed by atoms with Crippen LogP contribution in [0.2, 0.25) is 6.04 Å². The highest BCUT2D eigenvalue weighted by atomic mass is 28.4. The number of ketones is 1. The molecule has 1 unspecified atom stereocenters. The highest BCUT2D eigenvalue weighted by Crippen LogP contribution is 2.23. The number of carbonyl (C=O) groups is 3. The Kier molecular flexibility index (Phi) is 20.0. The van der Waals surface area contributed by atoms with Gasteiger partial charge < -0.3 is 13.9 Å². The zero-order valence-corrected chi connectivity index (χ0v) is 35.2. The summed E-state index contributed by atoms with van der Waals surface area (Å²) in [6, 6.07) is 28.1. The number of ether oxygens (including phenoxy) is 2. The van der Waals surface area contributed by atoms with Gasteiger partial charge >= 0.3 is 11.9 Å². The van der Waals surface area contributed by atoms with Gasteiger partial charge in [-0.1, -0.05) is 191 Å². The second-order valence-corrected chi connectivity index (χ2v) is 19.8. The quantitative estimate of drug-likeness (QED) is 0.0351. The maximum absolute atomic E-state index is 13.3. The molecule has 0 heterocycles. The molecule has 0 aliphatic carbocycles. The van der Waals surface area contributed by atoms with E-state index in [0.29, 0.717) is 23.5 Å². The minimum atomic E-state index is -2.80. The van der Waals surface area contributed by atoms with Gasteiger partial charge in [0.2, 0.25) is 0 Å². The molecule has 0 aliphatic rings. The van der Waals surface area contributed by atoms with Crippen LogP contribution in [0.25, 0.3) is 0 Å². The van der Waals surface area contributed by atoms with Crippen molar-refractivity contribution in [3.05, 3.63) is 96.1 Å². The SMILES string of the molecule is CCCCCCCCCCCCCCCC(=O)OC(COC(=O)c1ccc(C(=O)C(C)(C)C)cc1)CO[Si](CC(C)C)(c1ccccc1)c1ccccc1. The molecule has 0 saturated carbocycles. The van der Waals surface area contributed by atoms with E-state index in [4.69, 9.17) is 13.9 Å². The lowest BCUT2D eigenvalue weighted by atomic mass is 9.86. The average molecular weight is 757 g/mol. The number of esters is 2. The highest BCUT2D eigenvalue weighted by Gasteiger charge is 2.41. The number of hydrogen-bond acceptors (Lipinski definition) is 6. The third kappa shape index (κ3) is 15.7. The van der Waals surface area contributed by atoms with Crippen LogP contribution in [0.4, 0.5) is 0 Å². The molecule has 3 rings (SSSR count). The van der Waals surface area contributed by atoms with Gasteiger partial charge in [0, 0.05) is 17.4 Å². The van der Waals surface area contributed by atoms with Crippen molar-refractivity contribution in [1.82, 2.24) is 0 Å². The Bertz CT molecular complexity index is 1460. The summed E-state index contributed by atoms with van der Waals surface area (Å²) in [5.41, 5.74) is 0.343. The predicted molar refractivity (Wildman–Crippen MR) is 224 cm³/mol. The second-order valence-electron chi connectivity index (χ2n) is 16.3. The monoisotopic (exact) mass is 756 g/mol. The number of hydrogen-bond donors (Lipinski definition) is 0. The minimum absolute atomic E-state index is 0.000852. The van der Waals surface area contributed by atoms with E-state index in [0.717, 1.165) is 35.7 Å². The summed E-state index contributed by atoms with van der Waals surface area (Å²) < 4.78 is 18.9. The third-order valence-corrected chi connectivity index (χ3v) is 14.5. The largest absolute Gasteiger partial charge is 0.458 e. The topological polar surface area (TPSA) is 78.9 Å². The summed E-state index contributed by atoms with van der Waals surface area (Å²) in [5.74, 6) is -0.497. The van der Waals surface area contributed by atoms with Gasteiger partial charge in [0.1, 0.15) is 6.61 Å². The van der Waals surface area contributed by atoms with Gasteiger partial charge in [0.25, 0.3) is 8.32 Å². The van der Waals surface area contributed by atoms with Crippen LogP contribution in [0.5, 0.6) is 0 Å². The molecule has 7 heteroatoms. The van der Waals surface area contributed by atoms with Crippen LogP contribution in [0, 0.1) is 11.3 Å². The third-order valence-electron chi connectivity index (χ3n) is 9.94. The van der Waals surface area contributed by atoms with Crippen molar-refractivity contribution in [2.24, 2.45) is 11.3 Å². The average Bonchev–Trinajstić information content (AvgIpc) is 3.17. The molecule has 0 amide bonds. The molecule has 0 spiro atoms. The number of Topliss-reactive ketones (excluding diaryl/α,β-unsaturated/α-hetero) is 1. The highest BCUT2D eigenvalue weighted by molar-refractivity contribution is 6.97. The molecule has 6 nitrogen and oxygen atoms in total. The summed E-state index contributed by atoms with van der Waals surface area (Å²) in [4.78, 5) is 39.2. The fraction of sp³-hybridized carbons (Fsp3) is 0.553. The van der Waals surface area contributed by atoms with Crippen molar-refractivity contribution < 1.29 is 28.3 Å². The number of carbonyl (C=O) groups excluding carboxylic acids is 3. The predicted octanol–water partition coefficient (Wildman–Crippen LogP) is 10.9. The number of unbranched alkanes of at least 4 members (excludes halogenated alkanes) is 12. The Morgan fingerprint density at radius 1 is 0.611 bits per heavy atom. The first-order valence-electron chi connectivity index (χ1n) is 20.7. The molecule has 0 fully saturated rings. The van der Waals surface area contributed by atoms with Gasteiger partial charge in [0.15, 0.2) is 11.9 Å². The minimum Gasteiger partial charge on any atom is -0.458 e. The first-order valence-corrected chi connectivity index (χ1v) is 22.8. The molecule has 0 radical (unpaired) electrons. The first-order chi connectivity index (χ1) is 26.0. The van der Waals surface area contributed by atoms with Crippen LogP contribution in [-0.4, -0.2) is 45.4 Å². The molecule has 3 aromatic carbocycles. The lowest BCUT2D eigenvalue weighted by Crippen LogP contribution is -2.62. The van der Waals surface area contributed by atoms with Crippen LogP contribution in [0.1, 0.15) is 152 Å². The standard InChI is InChI=1S/C47H68O6Si/c1-7-8-9-10-11-12-13-14-15-16-17-18-25-30-44(48)53-41(35-51-46(50)40-33-31-39(32-34-40)45(49)47(4,5)6)36-52-54(37-38(2)3,42-26-21-19-22-27-42)43-28-23-20-24-29-43/h19-24,26-29,31-34,38,41H,7-18,25,30,35-37H2,1-6H3. The lowest BCUT2D eigenvalue weighted by Gasteiger charge is -2.35. The van der Waals surface area contributed by atoms with Gasteiger partial charge in [-0.2, -0.15) is 0 Å². The fourth-order valence-corrected chi connectivity index (χ4v) is 11.3. The van der Waals surface area contributed by atoms with Gasteiger partial charge in [-0.05, 0) is 40.9 Å². The molecular weight excluding hydrogens is 689 g/mol. The van der Waals surface area contributed by atoms with Crippen LogP contribution in [0.15, 0.2) is 84.9 Å². The maximum atomic E-state index is 13.3. The van der Waals surface area contributed by atoms with Crippen molar-refractivity contribution >= 4 is 36.4 Å².